The molecule has 0 amide bonds. The first-order valence-electron chi connectivity index (χ1n) is 6.61. The van der Waals surface area contributed by atoms with Crippen molar-refractivity contribution in [2.24, 2.45) is 4.99 Å². The zero-order valence-electron chi connectivity index (χ0n) is 12.5. The molecule has 1 aromatic rings. The number of thiol groups is 1. The van der Waals surface area contributed by atoms with E-state index in [1.807, 2.05) is 40.3 Å². The van der Waals surface area contributed by atoms with Crippen LogP contribution < -0.4 is 4.90 Å². The van der Waals surface area contributed by atoms with Crippen molar-refractivity contribution in [3.05, 3.63) is 42.1 Å². The van der Waals surface area contributed by atoms with Gasteiger partial charge in [-0.3, -0.25) is 4.99 Å². The van der Waals surface area contributed by atoms with E-state index in [2.05, 4.69) is 51.7 Å². The van der Waals surface area contributed by atoms with E-state index in [1.165, 1.54) is 5.70 Å². The number of allylic oxidation sites excluding steroid dienone is 3. The molecule has 0 saturated carbocycles. The van der Waals surface area contributed by atoms with Crippen molar-refractivity contribution in [3.63, 3.8) is 0 Å². The van der Waals surface area contributed by atoms with Crippen molar-refractivity contribution >= 4 is 29.7 Å². The highest BCUT2D eigenvalue weighted by molar-refractivity contribution is 7.80. The first kappa shape index (κ1) is 14.7. The first-order valence-corrected chi connectivity index (χ1v) is 7.05. The van der Waals surface area contributed by atoms with Gasteiger partial charge in [-0.05, 0) is 30.4 Å². The summed E-state index contributed by atoms with van der Waals surface area (Å²) in [4.78, 5) is 9.75. The lowest BCUT2D eigenvalue weighted by Gasteiger charge is -2.17. The van der Waals surface area contributed by atoms with Crippen LogP contribution in [0.3, 0.4) is 0 Å². The van der Waals surface area contributed by atoms with Gasteiger partial charge in [0.2, 0.25) is 0 Å². The molecule has 106 valence electrons. The van der Waals surface area contributed by atoms with E-state index in [-0.39, 0.29) is 0 Å². The van der Waals surface area contributed by atoms with Gasteiger partial charge in [0, 0.05) is 56.6 Å². The third kappa shape index (κ3) is 3.45. The van der Waals surface area contributed by atoms with Crippen LogP contribution in [0, 0.1) is 0 Å². The molecule has 0 aliphatic heterocycles. The average molecular weight is 287 g/mol. The van der Waals surface area contributed by atoms with Crippen LogP contribution in [0.4, 0.5) is 11.4 Å². The Labute approximate surface area is 126 Å². The molecule has 4 heteroatoms. The molecule has 0 spiro atoms. The summed E-state index contributed by atoms with van der Waals surface area (Å²) >= 11 is 4.53. The highest BCUT2D eigenvalue weighted by atomic mass is 32.1. The number of rotatable bonds is 3. The van der Waals surface area contributed by atoms with Crippen molar-refractivity contribution in [2.45, 2.75) is 11.3 Å². The van der Waals surface area contributed by atoms with E-state index in [0.717, 1.165) is 28.4 Å². The topological polar surface area (TPSA) is 18.8 Å². The average Bonchev–Trinajstić information content (AvgIpc) is 2.41. The minimum atomic E-state index is 0.854. The fourth-order valence-corrected chi connectivity index (χ4v) is 2.24. The number of aliphatic imine (C=N–C) groups is 1. The molecular weight excluding hydrogens is 266 g/mol. The zero-order valence-corrected chi connectivity index (χ0v) is 13.4. The first-order chi connectivity index (χ1) is 9.47. The predicted octanol–water partition coefficient (Wildman–Crippen LogP) is 3.52. The normalized spacial score (nSPS) is 16.2. The van der Waals surface area contributed by atoms with Gasteiger partial charge in [0.05, 0.1) is 5.69 Å². The van der Waals surface area contributed by atoms with Gasteiger partial charge in [0.25, 0.3) is 0 Å². The lowest BCUT2D eigenvalue weighted by Crippen LogP contribution is -2.12. The Hall–Kier alpha value is -1.68. The largest absolute Gasteiger partial charge is 0.378 e. The highest BCUT2D eigenvalue weighted by Gasteiger charge is 2.06. The lowest BCUT2D eigenvalue weighted by molar-refractivity contribution is 0.527. The Kier molecular flexibility index (Phi) is 4.55. The Bertz CT molecular complexity index is 583. The molecule has 0 heterocycles. The monoisotopic (exact) mass is 287 g/mol. The summed E-state index contributed by atoms with van der Waals surface area (Å²) in [5.74, 6) is 0. The second kappa shape index (κ2) is 6.18. The van der Waals surface area contributed by atoms with Crippen molar-refractivity contribution < 1.29 is 0 Å². The summed E-state index contributed by atoms with van der Waals surface area (Å²) in [6.07, 6.45) is 7.20. The molecule has 0 fully saturated rings. The van der Waals surface area contributed by atoms with E-state index < -0.39 is 0 Å². The van der Waals surface area contributed by atoms with Gasteiger partial charge in [-0.1, -0.05) is 6.08 Å². The molecule has 0 aromatic heterocycles. The summed E-state index contributed by atoms with van der Waals surface area (Å²) < 4.78 is 0. The maximum absolute atomic E-state index is 4.68. The van der Waals surface area contributed by atoms with Crippen LogP contribution in [0.25, 0.3) is 0 Å². The second-order valence-corrected chi connectivity index (χ2v) is 5.71. The van der Waals surface area contributed by atoms with Gasteiger partial charge >= 0.3 is 0 Å². The minimum absolute atomic E-state index is 0.854. The van der Waals surface area contributed by atoms with Gasteiger partial charge < -0.3 is 9.80 Å². The van der Waals surface area contributed by atoms with Crippen LogP contribution in [-0.2, 0) is 0 Å². The van der Waals surface area contributed by atoms with Crippen LogP contribution in [0.2, 0.25) is 0 Å². The van der Waals surface area contributed by atoms with Crippen LogP contribution in [0.15, 0.2) is 52.0 Å². The SMILES string of the molecule is CN(C)C1=CC/C(=N\c2ccc(N(C)C)cc2S)C=C1. The quantitative estimate of drug-likeness (QED) is 0.858. The van der Waals surface area contributed by atoms with Gasteiger partial charge in [-0.25, -0.2) is 0 Å². The molecule has 1 aromatic carbocycles. The number of hydrogen-bond donors (Lipinski definition) is 1. The van der Waals surface area contributed by atoms with E-state index in [0.29, 0.717) is 0 Å². The highest BCUT2D eigenvalue weighted by Crippen LogP contribution is 2.28. The van der Waals surface area contributed by atoms with E-state index in [9.17, 15) is 0 Å². The molecular formula is C16H21N3S. The van der Waals surface area contributed by atoms with Crippen LogP contribution >= 0.6 is 12.6 Å². The number of likely N-dealkylation sites (N-methyl/N-ethyl adjacent to an activating group) is 1. The lowest BCUT2D eigenvalue weighted by atomic mass is 10.1. The van der Waals surface area contributed by atoms with Crippen molar-refractivity contribution in [1.82, 2.24) is 4.90 Å². The van der Waals surface area contributed by atoms with Gasteiger partial charge in [0.15, 0.2) is 0 Å². The summed E-state index contributed by atoms with van der Waals surface area (Å²) in [5.41, 5.74) is 4.33. The van der Waals surface area contributed by atoms with Crippen LogP contribution in [0.1, 0.15) is 6.42 Å². The molecule has 0 atom stereocenters. The smallest absolute Gasteiger partial charge is 0.0767 e. The minimum Gasteiger partial charge on any atom is -0.378 e. The second-order valence-electron chi connectivity index (χ2n) is 5.23. The Morgan fingerprint density at radius 1 is 1.05 bits per heavy atom. The summed E-state index contributed by atoms with van der Waals surface area (Å²) in [6.45, 7) is 0. The molecule has 20 heavy (non-hydrogen) atoms. The Balaban J connectivity index is 2.19. The van der Waals surface area contributed by atoms with Gasteiger partial charge in [-0.15, -0.1) is 12.6 Å². The third-order valence-electron chi connectivity index (χ3n) is 3.22. The Morgan fingerprint density at radius 3 is 2.30 bits per heavy atom. The standard InChI is InChI=1S/C16H21N3S/c1-18(2)13-7-5-12(6-8-13)17-15-10-9-14(19(3)4)11-16(15)20/h5,7-11,20H,6H2,1-4H3/b17-12-. The van der Waals surface area contributed by atoms with Crippen LogP contribution in [-0.4, -0.2) is 38.8 Å². The number of hydrogen-bond acceptors (Lipinski definition) is 4. The molecule has 0 radical (unpaired) electrons. The molecule has 0 saturated heterocycles. The maximum atomic E-state index is 4.68. The molecule has 3 nitrogen and oxygen atoms in total. The Morgan fingerprint density at radius 2 is 1.80 bits per heavy atom. The van der Waals surface area contributed by atoms with Gasteiger partial charge in [0.1, 0.15) is 0 Å². The van der Waals surface area contributed by atoms with E-state index in [4.69, 9.17) is 0 Å². The zero-order chi connectivity index (χ0) is 14.7. The number of anilines is 1. The van der Waals surface area contributed by atoms with Crippen LogP contribution in [0.5, 0.6) is 0 Å². The fourth-order valence-electron chi connectivity index (χ4n) is 1.98. The van der Waals surface area contributed by atoms with Crippen molar-refractivity contribution in [3.8, 4) is 0 Å². The number of nitrogens with zero attached hydrogens (tertiary/aromatic N) is 3. The van der Waals surface area contributed by atoms with Crippen molar-refractivity contribution in [2.75, 3.05) is 33.1 Å². The summed E-state index contributed by atoms with van der Waals surface area (Å²) in [7, 11) is 8.13. The predicted molar refractivity (Wildman–Crippen MR) is 90.6 cm³/mol. The maximum Gasteiger partial charge on any atom is 0.0767 e. The number of benzene rings is 1. The molecule has 0 N–H and O–H groups in total. The van der Waals surface area contributed by atoms with Gasteiger partial charge in [-0.2, -0.15) is 0 Å². The van der Waals surface area contributed by atoms with E-state index >= 15 is 0 Å². The fraction of sp³-hybridized carbons (Fsp3) is 0.312. The molecule has 0 bridgehead atoms. The van der Waals surface area contributed by atoms with Crippen molar-refractivity contribution in [1.29, 1.82) is 0 Å². The molecule has 1 aliphatic carbocycles. The summed E-state index contributed by atoms with van der Waals surface area (Å²) in [5, 5.41) is 0. The van der Waals surface area contributed by atoms with E-state index in [1.54, 1.807) is 0 Å². The molecule has 1 aliphatic rings. The molecule has 2 rings (SSSR count). The molecule has 0 unspecified atom stereocenters. The summed E-state index contributed by atoms with van der Waals surface area (Å²) in [6, 6.07) is 6.12. The third-order valence-corrected chi connectivity index (χ3v) is 3.58.